The van der Waals surface area contributed by atoms with Crippen LogP contribution in [-0.2, 0) is 9.53 Å². The molecule has 2 rings (SSSR count). The lowest BCUT2D eigenvalue weighted by molar-refractivity contribution is -0.117. The summed E-state index contributed by atoms with van der Waals surface area (Å²) in [4.78, 5) is 13.7. The Morgan fingerprint density at radius 2 is 1.94 bits per heavy atom. The SMILES string of the molecule is O=CC1(CN2CCC(OCCO)CC2)CCCC1. The van der Waals surface area contributed by atoms with Gasteiger partial charge >= 0.3 is 0 Å². The van der Waals surface area contributed by atoms with Crippen molar-refractivity contribution in [3.8, 4) is 0 Å². The van der Waals surface area contributed by atoms with E-state index in [2.05, 4.69) is 4.90 Å². The highest BCUT2D eigenvalue weighted by Gasteiger charge is 2.36. The van der Waals surface area contributed by atoms with Gasteiger partial charge in [-0.15, -0.1) is 0 Å². The molecular formula is C14H25NO3. The molecule has 0 spiro atoms. The van der Waals surface area contributed by atoms with Gasteiger partial charge in [0.05, 0.1) is 19.3 Å². The van der Waals surface area contributed by atoms with Gasteiger partial charge in [-0.1, -0.05) is 12.8 Å². The van der Waals surface area contributed by atoms with Crippen LogP contribution in [0.15, 0.2) is 0 Å². The van der Waals surface area contributed by atoms with E-state index in [1.54, 1.807) is 0 Å². The van der Waals surface area contributed by atoms with Crippen molar-refractivity contribution in [1.29, 1.82) is 0 Å². The van der Waals surface area contributed by atoms with E-state index in [1.165, 1.54) is 19.1 Å². The Bertz CT molecular complexity index is 256. The first-order valence-electron chi connectivity index (χ1n) is 7.19. The Morgan fingerprint density at radius 1 is 1.28 bits per heavy atom. The minimum absolute atomic E-state index is 0.0568. The van der Waals surface area contributed by atoms with E-state index in [4.69, 9.17) is 9.84 Å². The number of likely N-dealkylation sites (tertiary alicyclic amines) is 1. The van der Waals surface area contributed by atoms with Gasteiger partial charge in [0.15, 0.2) is 0 Å². The maximum absolute atomic E-state index is 11.3. The molecule has 0 unspecified atom stereocenters. The van der Waals surface area contributed by atoms with Crippen LogP contribution in [0.1, 0.15) is 38.5 Å². The average molecular weight is 255 g/mol. The van der Waals surface area contributed by atoms with Crippen LogP contribution in [0.5, 0.6) is 0 Å². The van der Waals surface area contributed by atoms with Crippen LogP contribution in [0, 0.1) is 5.41 Å². The molecule has 0 aromatic rings. The van der Waals surface area contributed by atoms with Crippen molar-refractivity contribution in [2.75, 3.05) is 32.8 Å². The molecule has 1 saturated carbocycles. The molecule has 104 valence electrons. The molecule has 2 aliphatic rings. The molecule has 0 aromatic heterocycles. The number of hydrogen-bond acceptors (Lipinski definition) is 4. The summed E-state index contributed by atoms with van der Waals surface area (Å²) in [5.41, 5.74) is -0.0568. The van der Waals surface area contributed by atoms with Crippen LogP contribution >= 0.6 is 0 Å². The number of aliphatic hydroxyl groups is 1. The number of nitrogens with zero attached hydrogens (tertiary/aromatic N) is 1. The molecule has 0 radical (unpaired) electrons. The third-order valence-corrected chi connectivity index (χ3v) is 4.37. The standard InChI is InChI=1S/C14H25NO3/c16-9-10-18-13-3-7-15(8-4-13)11-14(12-17)5-1-2-6-14/h12-13,16H,1-11H2. The van der Waals surface area contributed by atoms with Crippen LogP contribution in [0.4, 0.5) is 0 Å². The quantitative estimate of drug-likeness (QED) is 0.725. The molecule has 0 amide bonds. The third-order valence-electron chi connectivity index (χ3n) is 4.37. The zero-order chi connectivity index (χ0) is 12.8. The fraction of sp³-hybridized carbons (Fsp3) is 0.929. The normalized spacial score (nSPS) is 25.4. The van der Waals surface area contributed by atoms with Gasteiger partial charge in [-0.05, 0) is 25.7 Å². The van der Waals surface area contributed by atoms with Crippen molar-refractivity contribution < 1.29 is 14.6 Å². The van der Waals surface area contributed by atoms with Crippen LogP contribution in [0.3, 0.4) is 0 Å². The fourth-order valence-corrected chi connectivity index (χ4v) is 3.29. The zero-order valence-electron chi connectivity index (χ0n) is 11.1. The van der Waals surface area contributed by atoms with Crippen molar-refractivity contribution in [3.63, 3.8) is 0 Å². The van der Waals surface area contributed by atoms with Crippen molar-refractivity contribution in [3.05, 3.63) is 0 Å². The summed E-state index contributed by atoms with van der Waals surface area (Å²) in [7, 11) is 0. The molecule has 2 fully saturated rings. The van der Waals surface area contributed by atoms with E-state index in [0.717, 1.165) is 45.3 Å². The smallest absolute Gasteiger partial charge is 0.127 e. The number of carbonyl (C=O) groups is 1. The van der Waals surface area contributed by atoms with Crippen molar-refractivity contribution in [2.24, 2.45) is 5.41 Å². The van der Waals surface area contributed by atoms with Crippen LogP contribution in [-0.4, -0.2) is 55.2 Å². The zero-order valence-corrected chi connectivity index (χ0v) is 11.1. The van der Waals surface area contributed by atoms with Gasteiger partial charge in [0.1, 0.15) is 6.29 Å². The highest BCUT2D eigenvalue weighted by molar-refractivity contribution is 5.60. The van der Waals surface area contributed by atoms with Crippen molar-refractivity contribution in [2.45, 2.75) is 44.6 Å². The molecule has 0 aromatic carbocycles. The summed E-state index contributed by atoms with van der Waals surface area (Å²) in [6.45, 7) is 3.53. The Balaban J connectivity index is 1.74. The number of aliphatic hydroxyl groups excluding tert-OH is 1. The van der Waals surface area contributed by atoms with E-state index < -0.39 is 0 Å². The van der Waals surface area contributed by atoms with Gasteiger partial charge in [-0.2, -0.15) is 0 Å². The molecule has 1 aliphatic heterocycles. The first kappa shape index (κ1) is 14.0. The number of rotatable bonds is 6. The minimum atomic E-state index is -0.0568. The summed E-state index contributed by atoms with van der Waals surface area (Å²) in [5, 5.41) is 8.73. The molecule has 0 bridgehead atoms. The van der Waals surface area contributed by atoms with Crippen LogP contribution < -0.4 is 0 Å². The number of hydrogen-bond donors (Lipinski definition) is 1. The molecule has 18 heavy (non-hydrogen) atoms. The molecule has 1 heterocycles. The Kier molecular flexibility index (Phi) is 5.15. The van der Waals surface area contributed by atoms with E-state index in [9.17, 15) is 4.79 Å². The minimum Gasteiger partial charge on any atom is -0.394 e. The number of piperidine rings is 1. The summed E-state index contributed by atoms with van der Waals surface area (Å²) in [6, 6.07) is 0. The highest BCUT2D eigenvalue weighted by Crippen LogP contribution is 2.37. The summed E-state index contributed by atoms with van der Waals surface area (Å²) >= 11 is 0. The summed E-state index contributed by atoms with van der Waals surface area (Å²) in [5.74, 6) is 0. The molecule has 4 heteroatoms. The monoisotopic (exact) mass is 255 g/mol. The largest absolute Gasteiger partial charge is 0.394 e. The van der Waals surface area contributed by atoms with Crippen LogP contribution in [0.25, 0.3) is 0 Å². The second-order valence-electron chi connectivity index (χ2n) is 5.76. The molecule has 4 nitrogen and oxygen atoms in total. The number of ether oxygens (including phenoxy) is 1. The van der Waals surface area contributed by atoms with Crippen LogP contribution in [0.2, 0.25) is 0 Å². The van der Waals surface area contributed by atoms with Gasteiger partial charge in [0.2, 0.25) is 0 Å². The van der Waals surface area contributed by atoms with Gasteiger partial charge in [-0.25, -0.2) is 0 Å². The van der Waals surface area contributed by atoms with E-state index in [0.29, 0.717) is 12.7 Å². The summed E-state index contributed by atoms with van der Waals surface area (Å²) < 4.78 is 5.56. The third kappa shape index (κ3) is 3.53. The first-order chi connectivity index (χ1) is 8.78. The molecule has 0 atom stereocenters. The second-order valence-corrected chi connectivity index (χ2v) is 5.76. The highest BCUT2D eigenvalue weighted by atomic mass is 16.5. The average Bonchev–Trinajstić information content (AvgIpc) is 2.87. The number of aldehydes is 1. The van der Waals surface area contributed by atoms with Gasteiger partial charge in [-0.3, -0.25) is 0 Å². The molecular weight excluding hydrogens is 230 g/mol. The predicted octanol–water partition coefficient (Wildman–Crippen LogP) is 1.22. The molecule has 1 N–H and O–H groups in total. The second kappa shape index (κ2) is 6.64. The molecule has 1 aliphatic carbocycles. The van der Waals surface area contributed by atoms with Gasteiger partial charge < -0.3 is 19.5 Å². The van der Waals surface area contributed by atoms with E-state index in [1.807, 2.05) is 0 Å². The first-order valence-corrected chi connectivity index (χ1v) is 7.19. The lowest BCUT2D eigenvalue weighted by Crippen LogP contribution is -2.43. The van der Waals surface area contributed by atoms with Crippen molar-refractivity contribution >= 4 is 6.29 Å². The maximum Gasteiger partial charge on any atom is 0.127 e. The Hall–Kier alpha value is -0.450. The topological polar surface area (TPSA) is 49.8 Å². The maximum atomic E-state index is 11.3. The van der Waals surface area contributed by atoms with E-state index >= 15 is 0 Å². The van der Waals surface area contributed by atoms with Crippen molar-refractivity contribution in [1.82, 2.24) is 4.90 Å². The predicted molar refractivity (Wildman–Crippen MR) is 69.5 cm³/mol. The Morgan fingerprint density at radius 3 is 2.50 bits per heavy atom. The van der Waals surface area contributed by atoms with Gasteiger partial charge in [0, 0.05) is 25.0 Å². The fourth-order valence-electron chi connectivity index (χ4n) is 3.29. The summed E-state index contributed by atoms with van der Waals surface area (Å²) in [6.07, 6.45) is 8.08. The molecule has 1 saturated heterocycles. The lowest BCUT2D eigenvalue weighted by atomic mass is 9.87. The van der Waals surface area contributed by atoms with E-state index in [-0.39, 0.29) is 12.0 Å². The lowest BCUT2D eigenvalue weighted by Gasteiger charge is -2.36. The number of carbonyl (C=O) groups excluding carboxylic acids is 1. The van der Waals surface area contributed by atoms with Gasteiger partial charge in [0.25, 0.3) is 0 Å². The Labute approximate surface area is 109 Å².